The van der Waals surface area contributed by atoms with Crippen LogP contribution in [0.4, 0.5) is 20.2 Å². The molecule has 0 bridgehead atoms. The highest BCUT2D eigenvalue weighted by Gasteiger charge is 2.16. The molecule has 2 aromatic rings. The van der Waals surface area contributed by atoms with E-state index in [-0.39, 0.29) is 11.6 Å². The lowest BCUT2D eigenvalue weighted by atomic mass is 10.1. The highest BCUT2D eigenvalue weighted by Crippen LogP contribution is 2.32. The first-order valence-corrected chi connectivity index (χ1v) is 7.16. The van der Waals surface area contributed by atoms with E-state index in [1.807, 2.05) is 13.0 Å². The molecule has 0 saturated carbocycles. The van der Waals surface area contributed by atoms with Crippen molar-refractivity contribution in [3.63, 3.8) is 0 Å². The van der Waals surface area contributed by atoms with Crippen LogP contribution in [0.2, 0.25) is 0 Å². The maximum absolute atomic E-state index is 14.1. The van der Waals surface area contributed by atoms with E-state index in [1.54, 1.807) is 23.1 Å². The Morgan fingerprint density at radius 3 is 2.47 bits per heavy atom. The molecule has 1 nitrogen and oxygen atoms in total. The summed E-state index contributed by atoms with van der Waals surface area (Å²) < 4.78 is 27.4. The summed E-state index contributed by atoms with van der Waals surface area (Å²) in [5, 5.41) is 0.548. The molecule has 0 N–H and O–H groups in total. The maximum Gasteiger partial charge on any atom is 0.147 e. The van der Waals surface area contributed by atoms with Gasteiger partial charge in [0.1, 0.15) is 11.6 Å². The third-order valence-electron chi connectivity index (χ3n) is 2.92. The number of benzene rings is 2. The molecule has 0 spiro atoms. The van der Waals surface area contributed by atoms with Gasteiger partial charge in [0, 0.05) is 17.6 Å². The second kappa shape index (κ2) is 6.15. The van der Waals surface area contributed by atoms with Gasteiger partial charge in [-0.1, -0.05) is 34.1 Å². The zero-order valence-corrected chi connectivity index (χ0v) is 12.1. The molecule has 0 amide bonds. The van der Waals surface area contributed by atoms with Gasteiger partial charge in [-0.05, 0) is 36.8 Å². The van der Waals surface area contributed by atoms with E-state index in [1.165, 1.54) is 18.2 Å². The number of rotatable bonds is 4. The molecule has 2 aromatic carbocycles. The molecule has 0 aliphatic rings. The zero-order valence-electron chi connectivity index (χ0n) is 10.5. The lowest BCUT2D eigenvalue weighted by Gasteiger charge is -2.26. The molecule has 0 aromatic heterocycles. The van der Waals surface area contributed by atoms with Crippen molar-refractivity contribution in [1.29, 1.82) is 0 Å². The summed E-state index contributed by atoms with van der Waals surface area (Å²) in [6.07, 6.45) is 0. The first kappa shape index (κ1) is 14.0. The van der Waals surface area contributed by atoms with E-state index in [0.717, 1.165) is 5.56 Å². The fraction of sp³-hybridized carbons (Fsp3) is 0.200. The average Bonchev–Trinajstić information content (AvgIpc) is 2.41. The Balaban J connectivity index is 2.54. The second-order valence-electron chi connectivity index (χ2n) is 4.11. The molecule has 0 unspecified atom stereocenters. The summed E-state index contributed by atoms with van der Waals surface area (Å²) in [5.41, 5.74) is 1.98. The number of anilines is 2. The fourth-order valence-corrected chi connectivity index (χ4v) is 2.54. The van der Waals surface area contributed by atoms with Crippen LogP contribution >= 0.6 is 15.9 Å². The predicted molar refractivity (Wildman–Crippen MR) is 78.1 cm³/mol. The zero-order chi connectivity index (χ0) is 13.8. The minimum Gasteiger partial charge on any atom is -0.339 e. The molecule has 0 heterocycles. The largest absolute Gasteiger partial charge is 0.339 e. The van der Waals surface area contributed by atoms with Crippen molar-refractivity contribution in [3.8, 4) is 0 Å². The van der Waals surface area contributed by atoms with Crippen LogP contribution in [-0.4, -0.2) is 6.54 Å². The Hall–Kier alpha value is -1.42. The molecule has 4 heteroatoms. The summed E-state index contributed by atoms with van der Waals surface area (Å²) in [4.78, 5) is 1.77. The van der Waals surface area contributed by atoms with Gasteiger partial charge < -0.3 is 4.90 Å². The number of alkyl halides is 1. The van der Waals surface area contributed by atoms with Crippen LogP contribution in [0.3, 0.4) is 0 Å². The molecule has 0 aliphatic heterocycles. The van der Waals surface area contributed by atoms with Gasteiger partial charge in [0.15, 0.2) is 0 Å². The third kappa shape index (κ3) is 2.95. The standard InChI is InChI=1S/C15H14BrF2N/c1-2-19(13-7-4-6-12(17)9-13)15-11(10-16)5-3-8-14(15)18/h3-9H,2,10H2,1H3. The molecule has 0 saturated heterocycles. The number of halogens is 3. The maximum atomic E-state index is 14.1. The first-order chi connectivity index (χ1) is 9.17. The smallest absolute Gasteiger partial charge is 0.147 e. The van der Waals surface area contributed by atoms with Crippen molar-refractivity contribution >= 4 is 27.3 Å². The van der Waals surface area contributed by atoms with Crippen molar-refractivity contribution in [2.45, 2.75) is 12.3 Å². The van der Waals surface area contributed by atoms with Crippen LogP contribution in [0, 0.1) is 11.6 Å². The van der Waals surface area contributed by atoms with Gasteiger partial charge in [-0.3, -0.25) is 0 Å². The highest BCUT2D eigenvalue weighted by atomic mass is 79.9. The molecule has 19 heavy (non-hydrogen) atoms. The van der Waals surface area contributed by atoms with Crippen LogP contribution < -0.4 is 4.90 Å². The molecular weight excluding hydrogens is 312 g/mol. The second-order valence-corrected chi connectivity index (χ2v) is 4.67. The molecule has 0 aliphatic carbocycles. The monoisotopic (exact) mass is 325 g/mol. The molecule has 2 rings (SSSR count). The lowest BCUT2D eigenvalue weighted by molar-refractivity contribution is 0.620. The minimum absolute atomic E-state index is 0.303. The van der Waals surface area contributed by atoms with E-state index in [4.69, 9.17) is 0 Å². The summed E-state index contributed by atoms with van der Waals surface area (Å²) >= 11 is 3.36. The molecule has 0 radical (unpaired) electrons. The fourth-order valence-electron chi connectivity index (χ4n) is 2.08. The van der Waals surface area contributed by atoms with Gasteiger partial charge in [0.25, 0.3) is 0 Å². The number of para-hydroxylation sites is 1. The van der Waals surface area contributed by atoms with Crippen molar-refractivity contribution in [2.75, 3.05) is 11.4 Å². The lowest BCUT2D eigenvalue weighted by Crippen LogP contribution is -2.19. The summed E-state index contributed by atoms with van der Waals surface area (Å²) in [5.74, 6) is -0.629. The van der Waals surface area contributed by atoms with Crippen molar-refractivity contribution in [3.05, 3.63) is 59.7 Å². The Bertz CT molecular complexity index is 572. The van der Waals surface area contributed by atoms with Gasteiger partial charge >= 0.3 is 0 Å². The number of hydrogen-bond donors (Lipinski definition) is 0. The molecule has 0 fully saturated rings. The van der Waals surface area contributed by atoms with Crippen LogP contribution in [0.15, 0.2) is 42.5 Å². The Morgan fingerprint density at radius 1 is 1.11 bits per heavy atom. The predicted octanol–water partition coefficient (Wildman–Crippen LogP) is 5.02. The van der Waals surface area contributed by atoms with Crippen molar-refractivity contribution in [2.24, 2.45) is 0 Å². The SMILES string of the molecule is CCN(c1cccc(F)c1)c1c(F)cccc1CBr. The normalized spacial score (nSPS) is 10.5. The van der Waals surface area contributed by atoms with Crippen molar-refractivity contribution < 1.29 is 8.78 Å². The molecule has 100 valence electrons. The van der Waals surface area contributed by atoms with E-state index < -0.39 is 0 Å². The summed E-state index contributed by atoms with van der Waals surface area (Å²) in [7, 11) is 0. The van der Waals surface area contributed by atoms with Gasteiger partial charge in [-0.15, -0.1) is 0 Å². The van der Waals surface area contributed by atoms with E-state index in [9.17, 15) is 8.78 Å². The highest BCUT2D eigenvalue weighted by molar-refractivity contribution is 9.08. The van der Waals surface area contributed by atoms with E-state index in [2.05, 4.69) is 15.9 Å². The summed E-state index contributed by atoms with van der Waals surface area (Å²) in [6.45, 7) is 2.47. The van der Waals surface area contributed by atoms with Crippen LogP contribution in [0.25, 0.3) is 0 Å². The van der Waals surface area contributed by atoms with E-state index >= 15 is 0 Å². The third-order valence-corrected chi connectivity index (χ3v) is 3.52. The van der Waals surface area contributed by atoms with Crippen LogP contribution in [-0.2, 0) is 5.33 Å². The quantitative estimate of drug-likeness (QED) is 0.713. The van der Waals surface area contributed by atoms with Gasteiger partial charge in [0.2, 0.25) is 0 Å². The average molecular weight is 326 g/mol. The molecule has 0 atom stereocenters. The summed E-state index contributed by atoms with van der Waals surface area (Å²) in [6, 6.07) is 11.1. The molecular formula is C15H14BrF2N. The Morgan fingerprint density at radius 2 is 1.84 bits per heavy atom. The van der Waals surface area contributed by atoms with Crippen LogP contribution in [0.1, 0.15) is 12.5 Å². The minimum atomic E-state index is -0.326. The van der Waals surface area contributed by atoms with E-state index in [0.29, 0.717) is 23.2 Å². The van der Waals surface area contributed by atoms with Crippen LogP contribution in [0.5, 0.6) is 0 Å². The van der Waals surface area contributed by atoms with Crippen molar-refractivity contribution in [1.82, 2.24) is 0 Å². The first-order valence-electron chi connectivity index (χ1n) is 6.03. The topological polar surface area (TPSA) is 3.24 Å². The number of hydrogen-bond acceptors (Lipinski definition) is 1. The number of nitrogens with zero attached hydrogens (tertiary/aromatic N) is 1. The Labute approximate surface area is 120 Å². The van der Waals surface area contributed by atoms with Gasteiger partial charge in [0.05, 0.1) is 5.69 Å². The Kier molecular flexibility index (Phi) is 4.53. The van der Waals surface area contributed by atoms with Gasteiger partial charge in [-0.25, -0.2) is 8.78 Å². The van der Waals surface area contributed by atoms with Gasteiger partial charge in [-0.2, -0.15) is 0 Å².